The third-order valence-corrected chi connectivity index (χ3v) is 2.43. The molecule has 1 amide bonds. The Kier molecular flexibility index (Phi) is 4.93. The van der Waals surface area contributed by atoms with E-state index >= 15 is 0 Å². The summed E-state index contributed by atoms with van der Waals surface area (Å²) in [5, 5.41) is 19.3. The smallest absolute Gasteiger partial charge is 0.471 e. The molecule has 1 aromatic heterocycles. The summed E-state index contributed by atoms with van der Waals surface area (Å²) in [4.78, 5) is 22.1. The number of carboxylic acid groups (broad SMARTS) is 1. The van der Waals surface area contributed by atoms with Crippen molar-refractivity contribution in [1.29, 1.82) is 5.26 Å². The monoisotopic (exact) mass is 305 g/mol. The molecular weight excluding hydrogens is 295 g/mol. The molecule has 0 aliphatic rings. The molecule has 0 unspecified atom stereocenters. The van der Waals surface area contributed by atoms with E-state index in [4.69, 9.17) is 15.1 Å². The van der Waals surface area contributed by atoms with Gasteiger partial charge in [-0.25, -0.2) is 4.79 Å². The highest BCUT2D eigenvalue weighted by atomic mass is 19.4. The van der Waals surface area contributed by atoms with Crippen LogP contribution in [0.2, 0.25) is 0 Å². The second-order valence-electron chi connectivity index (χ2n) is 3.82. The average Bonchev–Trinajstić information content (AvgIpc) is 2.73. The Labute approximate surface area is 116 Å². The summed E-state index contributed by atoms with van der Waals surface area (Å²) in [6.07, 6.45) is -4.16. The van der Waals surface area contributed by atoms with Crippen LogP contribution in [0.25, 0.3) is 0 Å². The first-order valence-corrected chi connectivity index (χ1v) is 5.46. The van der Waals surface area contributed by atoms with Gasteiger partial charge in [0, 0.05) is 19.9 Å². The molecule has 0 fully saturated rings. The standard InChI is InChI=1S/C11H10F3N3O4/c1-21-3-2-17-5-6(4-15)7(8(17)9(18)19)16-10(20)11(12,13)14/h5H,2-3H2,1H3,(H,16,20)(H,18,19). The van der Waals surface area contributed by atoms with Gasteiger partial charge in [0.15, 0.2) is 5.69 Å². The lowest BCUT2D eigenvalue weighted by molar-refractivity contribution is -0.167. The first-order chi connectivity index (χ1) is 9.72. The third kappa shape index (κ3) is 3.73. The SMILES string of the molecule is COCCn1cc(C#N)c(NC(=O)C(F)(F)F)c1C(=O)O. The number of amides is 1. The van der Waals surface area contributed by atoms with E-state index in [9.17, 15) is 22.8 Å². The van der Waals surface area contributed by atoms with Gasteiger partial charge in [0.1, 0.15) is 6.07 Å². The van der Waals surface area contributed by atoms with Crippen LogP contribution >= 0.6 is 0 Å². The Hall–Kier alpha value is -2.54. The van der Waals surface area contributed by atoms with Crippen LogP contribution < -0.4 is 5.32 Å². The minimum atomic E-state index is -5.20. The van der Waals surface area contributed by atoms with E-state index in [0.717, 1.165) is 10.8 Å². The van der Waals surface area contributed by atoms with Crippen LogP contribution in [-0.4, -0.2) is 41.4 Å². The minimum Gasteiger partial charge on any atom is -0.477 e. The van der Waals surface area contributed by atoms with E-state index in [0.29, 0.717) is 0 Å². The summed E-state index contributed by atoms with van der Waals surface area (Å²) in [5.41, 5.74) is -1.70. The zero-order valence-corrected chi connectivity index (χ0v) is 10.7. The molecule has 0 spiro atoms. The number of alkyl halides is 3. The van der Waals surface area contributed by atoms with Gasteiger partial charge < -0.3 is 19.7 Å². The molecule has 7 nitrogen and oxygen atoms in total. The summed E-state index contributed by atoms with van der Waals surface area (Å²) in [7, 11) is 1.35. The Morgan fingerprint density at radius 1 is 1.52 bits per heavy atom. The average molecular weight is 305 g/mol. The third-order valence-electron chi connectivity index (χ3n) is 2.43. The normalized spacial score (nSPS) is 11.0. The van der Waals surface area contributed by atoms with E-state index < -0.39 is 29.4 Å². The summed E-state index contributed by atoms with van der Waals surface area (Å²) in [5.74, 6) is -3.93. The van der Waals surface area contributed by atoms with Gasteiger partial charge in [-0.3, -0.25) is 4.79 Å². The van der Waals surface area contributed by atoms with Crippen LogP contribution in [0, 0.1) is 11.3 Å². The molecule has 21 heavy (non-hydrogen) atoms. The summed E-state index contributed by atoms with van der Waals surface area (Å²) >= 11 is 0. The number of ether oxygens (including phenoxy) is 1. The number of halogens is 3. The lowest BCUT2D eigenvalue weighted by atomic mass is 10.2. The number of rotatable bonds is 5. The molecular formula is C11H10F3N3O4. The van der Waals surface area contributed by atoms with Crippen LogP contribution in [0.5, 0.6) is 0 Å². The molecule has 114 valence electrons. The molecule has 2 N–H and O–H groups in total. The topological polar surface area (TPSA) is 104 Å². The number of nitriles is 1. The van der Waals surface area contributed by atoms with Crippen LogP contribution in [-0.2, 0) is 16.1 Å². The van der Waals surface area contributed by atoms with E-state index in [1.165, 1.54) is 18.5 Å². The van der Waals surface area contributed by atoms with Crippen molar-refractivity contribution in [2.24, 2.45) is 0 Å². The highest BCUT2D eigenvalue weighted by Crippen LogP contribution is 2.26. The first kappa shape index (κ1) is 16.5. The van der Waals surface area contributed by atoms with Crippen molar-refractivity contribution in [2.75, 3.05) is 19.0 Å². The zero-order chi connectivity index (χ0) is 16.2. The number of carboxylic acids is 1. The number of hydrogen-bond donors (Lipinski definition) is 2. The fourth-order valence-electron chi connectivity index (χ4n) is 1.55. The van der Waals surface area contributed by atoms with Gasteiger partial charge in [0.2, 0.25) is 0 Å². The summed E-state index contributed by atoms with van der Waals surface area (Å²) in [6, 6.07) is 1.54. The number of carbonyl (C=O) groups is 2. The van der Waals surface area contributed by atoms with Crippen LogP contribution in [0.1, 0.15) is 16.1 Å². The summed E-state index contributed by atoms with van der Waals surface area (Å²) in [6.45, 7) is 0.0706. The van der Waals surface area contributed by atoms with Gasteiger partial charge in [-0.15, -0.1) is 0 Å². The fraction of sp³-hybridized carbons (Fsp3) is 0.364. The Bertz CT molecular complexity index is 601. The highest BCUT2D eigenvalue weighted by Gasteiger charge is 2.40. The number of anilines is 1. The van der Waals surface area contributed by atoms with E-state index in [1.807, 2.05) is 0 Å². The minimum absolute atomic E-state index is 0.00526. The molecule has 10 heteroatoms. The molecule has 1 rings (SSSR count). The number of aromatic nitrogens is 1. The quantitative estimate of drug-likeness (QED) is 0.850. The van der Waals surface area contributed by atoms with Crippen LogP contribution in [0.3, 0.4) is 0 Å². The molecule has 0 aromatic carbocycles. The number of hydrogen-bond acceptors (Lipinski definition) is 4. The predicted octanol–water partition coefficient (Wildman–Crippen LogP) is 1.21. The van der Waals surface area contributed by atoms with Crippen molar-refractivity contribution in [3.8, 4) is 6.07 Å². The Morgan fingerprint density at radius 2 is 2.14 bits per heavy atom. The van der Waals surface area contributed by atoms with Gasteiger partial charge in [0.25, 0.3) is 0 Å². The van der Waals surface area contributed by atoms with Gasteiger partial charge in [-0.1, -0.05) is 0 Å². The van der Waals surface area contributed by atoms with Crippen molar-refractivity contribution in [2.45, 2.75) is 12.7 Å². The second kappa shape index (κ2) is 6.27. The van der Waals surface area contributed by atoms with Gasteiger partial charge in [-0.05, 0) is 0 Å². The van der Waals surface area contributed by atoms with Crippen molar-refractivity contribution in [3.63, 3.8) is 0 Å². The van der Waals surface area contributed by atoms with Crippen LogP contribution in [0.4, 0.5) is 18.9 Å². The maximum Gasteiger partial charge on any atom is 0.471 e. The second-order valence-corrected chi connectivity index (χ2v) is 3.82. The number of carbonyl (C=O) groups excluding carboxylic acids is 1. The van der Waals surface area contributed by atoms with Crippen molar-refractivity contribution < 1.29 is 32.6 Å². The Balaban J connectivity index is 3.29. The van der Waals surface area contributed by atoms with Crippen molar-refractivity contribution in [1.82, 2.24) is 4.57 Å². The molecule has 0 radical (unpaired) electrons. The van der Waals surface area contributed by atoms with Crippen LogP contribution in [0.15, 0.2) is 6.20 Å². The van der Waals surface area contributed by atoms with E-state index in [1.54, 1.807) is 0 Å². The lowest BCUT2D eigenvalue weighted by Gasteiger charge is -2.09. The molecule has 1 heterocycles. The summed E-state index contributed by atoms with van der Waals surface area (Å²) < 4.78 is 42.5. The fourth-order valence-corrected chi connectivity index (χ4v) is 1.55. The number of nitrogens with zero attached hydrogens (tertiary/aromatic N) is 2. The lowest BCUT2D eigenvalue weighted by Crippen LogP contribution is -2.31. The van der Waals surface area contributed by atoms with Gasteiger partial charge >= 0.3 is 18.1 Å². The van der Waals surface area contributed by atoms with Crippen molar-refractivity contribution in [3.05, 3.63) is 17.5 Å². The largest absolute Gasteiger partial charge is 0.477 e. The zero-order valence-electron chi connectivity index (χ0n) is 10.7. The molecule has 0 saturated heterocycles. The molecule has 0 bridgehead atoms. The van der Waals surface area contributed by atoms with E-state index in [2.05, 4.69) is 0 Å². The number of nitrogens with one attached hydrogen (secondary N) is 1. The van der Waals surface area contributed by atoms with Gasteiger partial charge in [-0.2, -0.15) is 18.4 Å². The maximum absolute atomic E-state index is 12.2. The highest BCUT2D eigenvalue weighted by molar-refractivity contribution is 6.03. The maximum atomic E-state index is 12.2. The molecule has 0 saturated carbocycles. The number of aromatic carboxylic acids is 1. The molecule has 1 aromatic rings. The van der Waals surface area contributed by atoms with Gasteiger partial charge in [0.05, 0.1) is 17.9 Å². The predicted molar refractivity (Wildman–Crippen MR) is 62.7 cm³/mol. The molecule has 0 aliphatic heterocycles. The first-order valence-electron chi connectivity index (χ1n) is 5.46. The molecule has 0 aliphatic carbocycles. The molecule has 0 atom stereocenters. The van der Waals surface area contributed by atoms with E-state index in [-0.39, 0.29) is 18.7 Å². The van der Waals surface area contributed by atoms with Crippen molar-refractivity contribution >= 4 is 17.6 Å². The Morgan fingerprint density at radius 3 is 2.57 bits per heavy atom. The number of methoxy groups -OCH3 is 1.